The van der Waals surface area contributed by atoms with Crippen LogP contribution in [-0.4, -0.2) is 57.4 Å². The van der Waals surface area contributed by atoms with Crippen LogP contribution in [0.15, 0.2) is 60.8 Å². The van der Waals surface area contributed by atoms with Gasteiger partial charge in [-0.05, 0) is 43.0 Å². The standard InChI is InChI=1S/C29H26F3N5O3/c1-16-20(17-6-3-2-4-7-17)11-22(26(39)37(16)15-29(30,31)32)35-25(38)19-10-18-12-28(13-23(18)34-14-19)21-8-5-9-33-24(21)36-27(28)40/h2-10,14,16,20,22H,11-13,15H2,1H3,(H,35,38)(H,33,36,40)/t16-,20-,22+,28+/m1/s1/i2D,3D,4D,6D,7D. The van der Waals surface area contributed by atoms with Gasteiger partial charge in [0.05, 0.1) is 17.8 Å². The molecule has 4 heterocycles. The zero-order chi connectivity index (χ0) is 32.6. The van der Waals surface area contributed by atoms with Crippen LogP contribution in [0, 0.1) is 0 Å². The Morgan fingerprint density at radius 2 is 2.00 bits per heavy atom. The van der Waals surface area contributed by atoms with Crippen molar-refractivity contribution in [2.24, 2.45) is 0 Å². The normalized spacial score (nSPS) is 27.2. The number of nitrogens with one attached hydrogen (secondary N) is 2. The fourth-order valence-electron chi connectivity index (χ4n) is 5.99. The second kappa shape index (κ2) is 9.42. The summed E-state index contributed by atoms with van der Waals surface area (Å²) in [6.45, 7) is -0.338. The Morgan fingerprint density at radius 1 is 1.23 bits per heavy atom. The predicted molar refractivity (Wildman–Crippen MR) is 138 cm³/mol. The number of anilines is 1. The highest BCUT2D eigenvalue weighted by molar-refractivity contribution is 6.06. The van der Waals surface area contributed by atoms with Gasteiger partial charge in [-0.1, -0.05) is 36.3 Å². The topological polar surface area (TPSA) is 104 Å². The Bertz CT molecular complexity index is 1760. The van der Waals surface area contributed by atoms with Crippen LogP contribution in [0.5, 0.6) is 0 Å². The average Bonchev–Trinajstić information content (AvgIpc) is 3.51. The smallest absolute Gasteiger partial charge is 0.340 e. The summed E-state index contributed by atoms with van der Waals surface area (Å²) in [6.07, 6.45) is -1.77. The summed E-state index contributed by atoms with van der Waals surface area (Å²) in [5.74, 6) is -2.74. The highest BCUT2D eigenvalue weighted by atomic mass is 19.4. The minimum atomic E-state index is -4.80. The van der Waals surface area contributed by atoms with E-state index in [9.17, 15) is 27.6 Å². The second-order valence-corrected chi connectivity index (χ2v) is 10.3. The Kier molecular flexibility index (Phi) is 4.85. The van der Waals surface area contributed by atoms with Gasteiger partial charge in [0.15, 0.2) is 0 Å². The Morgan fingerprint density at radius 3 is 2.75 bits per heavy atom. The van der Waals surface area contributed by atoms with Crippen LogP contribution in [0.25, 0.3) is 0 Å². The summed E-state index contributed by atoms with van der Waals surface area (Å²) in [5.41, 5.74) is 0.765. The number of benzene rings is 1. The van der Waals surface area contributed by atoms with Crippen LogP contribution < -0.4 is 10.6 Å². The number of aromatic nitrogens is 2. The molecule has 3 aromatic rings. The van der Waals surface area contributed by atoms with E-state index in [4.69, 9.17) is 6.85 Å². The monoisotopic (exact) mass is 554 g/mol. The molecule has 8 nitrogen and oxygen atoms in total. The maximum absolute atomic E-state index is 13.6. The molecule has 206 valence electrons. The molecule has 1 spiro atoms. The van der Waals surface area contributed by atoms with E-state index in [-0.39, 0.29) is 36.3 Å². The average molecular weight is 555 g/mol. The first kappa shape index (κ1) is 20.6. The molecule has 11 heteroatoms. The molecule has 3 aliphatic rings. The van der Waals surface area contributed by atoms with Crippen LogP contribution in [-0.2, 0) is 27.8 Å². The van der Waals surface area contributed by atoms with Crippen LogP contribution in [0.3, 0.4) is 0 Å². The molecule has 6 rings (SSSR count). The number of hydrogen-bond acceptors (Lipinski definition) is 5. The van der Waals surface area contributed by atoms with Crippen molar-refractivity contribution in [1.29, 1.82) is 0 Å². The van der Waals surface area contributed by atoms with Crippen LogP contribution in [0.4, 0.5) is 19.0 Å². The number of hydrogen-bond donors (Lipinski definition) is 2. The van der Waals surface area contributed by atoms with Gasteiger partial charge in [0, 0.05) is 42.0 Å². The number of halogens is 3. The van der Waals surface area contributed by atoms with Gasteiger partial charge < -0.3 is 15.5 Å². The van der Waals surface area contributed by atoms with Crippen LogP contribution in [0.1, 0.15) is 58.9 Å². The zero-order valence-electron chi connectivity index (χ0n) is 26.1. The van der Waals surface area contributed by atoms with Crippen LogP contribution in [0.2, 0.25) is 0 Å². The minimum absolute atomic E-state index is 0.0174. The number of piperidine rings is 1. The quantitative estimate of drug-likeness (QED) is 0.514. The molecular weight excluding hydrogens is 523 g/mol. The molecule has 2 aliphatic heterocycles. The van der Waals surface area contributed by atoms with Crippen molar-refractivity contribution in [2.45, 2.75) is 55.8 Å². The molecule has 0 radical (unpaired) electrons. The van der Waals surface area contributed by atoms with Crippen molar-refractivity contribution < 1.29 is 34.4 Å². The fourth-order valence-corrected chi connectivity index (χ4v) is 5.99. The van der Waals surface area contributed by atoms with Crippen LogP contribution >= 0.6 is 0 Å². The molecule has 1 fully saturated rings. The van der Waals surface area contributed by atoms with Crippen molar-refractivity contribution in [1.82, 2.24) is 20.2 Å². The first-order valence-corrected chi connectivity index (χ1v) is 12.6. The van der Waals surface area contributed by atoms with Gasteiger partial charge in [-0.2, -0.15) is 13.2 Å². The number of amides is 3. The third-order valence-corrected chi connectivity index (χ3v) is 7.96. The predicted octanol–water partition coefficient (Wildman–Crippen LogP) is 3.53. The zero-order valence-corrected chi connectivity index (χ0v) is 21.1. The molecule has 3 amide bonds. The summed E-state index contributed by atoms with van der Waals surface area (Å²) >= 11 is 0. The number of pyridine rings is 2. The van der Waals surface area contributed by atoms with Gasteiger partial charge in [-0.15, -0.1) is 0 Å². The number of carbonyl (C=O) groups is 3. The largest absolute Gasteiger partial charge is 0.406 e. The Hall–Kier alpha value is -4.28. The minimum Gasteiger partial charge on any atom is -0.340 e. The van der Waals surface area contributed by atoms with E-state index >= 15 is 0 Å². The lowest BCUT2D eigenvalue weighted by Crippen LogP contribution is -2.59. The summed E-state index contributed by atoms with van der Waals surface area (Å²) < 4.78 is 81.5. The third-order valence-electron chi connectivity index (χ3n) is 7.96. The molecule has 0 unspecified atom stereocenters. The summed E-state index contributed by atoms with van der Waals surface area (Å²) in [7, 11) is 0. The number of likely N-dealkylation sites (tertiary alicyclic amines) is 1. The van der Waals surface area contributed by atoms with Gasteiger partial charge in [0.1, 0.15) is 18.4 Å². The number of alkyl halides is 3. The van der Waals surface area contributed by atoms with E-state index in [1.54, 1.807) is 18.3 Å². The van der Waals surface area contributed by atoms with Crippen molar-refractivity contribution in [3.05, 3.63) is 88.8 Å². The van der Waals surface area contributed by atoms with Crippen molar-refractivity contribution in [2.75, 3.05) is 11.9 Å². The van der Waals surface area contributed by atoms with E-state index in [1.807, 2.05) is 0 Å². The second-order valence-electron chi connectivity index (χ2n) is 10.3. The maximum atomic E-state index is 13.6. The molecule has 0 saturated carbocycles. The Balaban J connectivity index is 1.30. The highest BCUT2D eigenvalue weighted by Gasteiger charge is 2.52. The molecule has 1 aliphatic carbocycles. The summed E-state index contributed by atoms with van der Waals surface area (Å²) in [6, 6.07) is -0.811. The number of fused-ring (bicyclic) bond motifs is 3. The molecule has 0 bridgehead atoms. The van der Waals surface area contributed by atoms with Gasteiger partial charge in [-0.3, -0.25) is 19.4 Å². The first-order chi connectivity index (χ1) is 21.1. The molecular formula is C29H26F3N5O3. The van der Waals surface area contributed by atoms with Crippen molar-refractivity contribution >= 4 is 23.5 Å². The number of carbonyl (C=O) groups excluding carboxylic acids is 3. The van der Waals surface area contributed by atoms with Gasteiger partial charge in [-0.25, -0.2) is 4.98 Å². The fraction of sp³-hybridized carbons (Fsp3) is 0.345. The molecule has 1 aromatic carbocycles. The third kappa shape index (κ3) is 4.39. The summed E-state index contributed by atoms with van der Waals surface area (Å²) in [5, 5.41) is 5.28. The molecule has 4 atom stereocenters. The van der Waals surface area contributed by atoms with E-state index in [0.717, 1.165) is 0 Å². The van der Waals surface area contributed by atoms with E-state index in [2.05, 4.69) is 20.6 Å². The van der Waals surface area contributed by atoms with E-state index in [0.29, 0.717) is 27.5 Å². The van der Waals surface area contributed by atoms with E-state index in [1.165, 1.54) is 19.2 Å². The molecule has 1 saturated heterocycles. The summed E-state index contributed by atoms with van der Waals surface area (Å²) in [4.78, 5) is 49.0. The van der Waals surface area contributed by atoms with Crippen molar-refractivity contribution in [3.63, 3.8) is 0 Å². The Labute approximate surface area is 235 Å². The number of nitrogens with zero attached hydrogens (tertiary/aromatic N) is 3. The van der Waals surface area contributed by atoms with Gasteiger partial charge in [0.25, 0.3) is 5.91 Å². The lowest BCUT2D eigenvalue weighted by atomic mass is 9.80. The highest BCUT2D eigenvalue weighted by Crippen LogP contribution is 2.46. The van der Waals surface area contributed by atoms with Crippen molar-refractivity contribution in [3.8, 4) is 0 Å². The van der Waals surface area contributed by atoms with Gasteiger partial charge >= 0.3 is 6.18 Å². The number of rotatable bonds is 4. The maximum Gasteiger partial charge on any atom is 0.406 e. The molecule has 2 N–H and O–H groups in total. The molecule has 2 aromatic heterocycles. The lowest BCUT2D eigenvalue weighted by molar-refractivity contribution is -0.170. The molecule has 40 heavy (non-hydrogen) atoms. The van der Waals surface area contributed by atoms with E-state index < -0.39 is 78.2 Å². The lowest BCUT2D eigenvalue weighted by Gasteiger charge is -2.43. The SMILES string of the molecule is [2H]c1c([2H])c([2H])c([C@@H]2C[C@H](NC(=O)c3cnc4c(c3)C[C@@]3(C4)C(=O)Nc4ncccc43)C(=O)N(CC(F)(F)F)[C@@H]2C)c([2H])c1[2H]. The first-order valence-electron chi connectivity index (χ1n) is 15.1. The van der Waals surface area contributed by atoms with Gasteiger partial charge in [0.2, 0.25) is 11.8 Å².